The molecule has 2 heterocycles. The third kappa shape index (κ3) is 5.75. The second-order valence-electron chi connectivity index (χ2n) is 16.4. The minimum atomic E-state index is 0.843. The minimum Gasteiger partial charge on any atom is -0.455 e. The van der Waals surface area contributed by atoms with Crippen LogP contribution in [0.5, 0.6) is 0 Å². The largest absolute Gasteiger partial charge is 0.455 e. The van der Waals surface area contributed by atoms with E-state index in [4.69, 9.17) is 8.83 Å². The molecule has 0 saturated heterocycles. The summed E-state index contributed by atoms with van der Waals surface area (Å²) < 4.78 is 13.6. The van der Waals surface area contributed by atoms with Crippen LogP contribution in [-0.2, 0) is 0 Å². The molecule has 0 bridgehead atoms. The van der Waals surface area contributed by atoms with Crippen molar-refractivity contribution in [3.05, 3.63) is 224 Å². The van der Waals surface area contributed by atoms with Crippen LogP contribution in [0.2, 0.25) is 0 Å². The van der Waals surface area contributed by atoms with E-state index in [1.54, 1.807) is 0 Å². The predicted octanol–water partition coefficient (Wildman–Crippen LogP) is 17.4. The molecule has 63 heavy (non-hydrogen) atoms. The maximum absolute atomic E-state index is 6.84. The summed E-state index contributed by atoms with van der Waals surface area (Å²) in [6.45, 7) is 0. The van der Waals surface area contributed by atoms with Crippen molar-refractivity contribution in [2.45, 2.75) is 0 Å². The van der Waals surface area contributed by atoms with Crippen LogP contribution in [-0.4, -0.2) is 0 Å². The molecule has 0 spiro atoms. The predicted molar refractivity (Wildman–Crippen MR) is 265 cm³/mol. The Labute approximate surface area is 363 Å². The minimum absolute atomic E-state index is 0.843. The number of benzene rings is 11. The zero-order valence-corrected chi connectivity index (χ0v) is 34.1. The summed E-state index contributed by atoms with van der Waals surface area (Å²) in [6.07, 6.45) is 0. The first-order chi connectivity index (χ1) is 31.2. The molecule has 0 unspecified atom stereocenters. The molecule has 294 valence electrons. The number of hydrogen-bond donors (Lipinski definition) is 0. The highest BCUT2D eigenvalue weighted by Crippen LogP contribution is 2.48. The van der Waals surface area contributed by atoms with Gasteiger partial charge < -0.3 is 13.7 Å². The van der Waals surface area contributed by atoms with E-state index >= 15 is 0 Å². The van der Waals surface area contributed by atoms with Crippen LogP contribution in [0.4, 0.5) is 17.1 Å². The van der Waals surface area contributed by atoms with Crippen LogP contribution in [0.3, 0.4) is 0 Å². The Kier molecular flexibility index (Phi) is 7.91. The summed E-state index contributed by atoms with van der Waals surface area (Å²) in [5.74, 6) is 0. The van der Waals surface area contributed by atoms with E-state index in [0.29, 0.717) is 0 Å². The lowest BCUT2D eigenvalue weighted by Gasteiger charge is -2.28. The third-order valence-corrected chi connectivity index (χ3v) is 12.8. The van der Waals surface area contributed by atoms with Gasteiger partial charge in [0.1, 0.15) is 22.3 Å². The molecule has 0 atom stereocenters. The Morgan fingerprint density at radius 2 is 0.873 bits per heavy atom. The molecule has 0 aliphatic carbocycles. The average molecular weight is 804 g/mol. The molecule has 11 aromatic carbocycles. The summed E-state index contributed by atoms with van der Waals surface area (Å²) in [5, 5.41) is 11.4. The van der Waals surface area contributed by atoms with Crippen LogP contribution in [0.15, 0.2) is 233 Å². The monoisotopic (exact) mass is 803 g/mol. The van der Waals surface area contributed by atoms with Crippen molar-refractivity contribution in [3.8, 4) is 33.4 Å². The van der Waals surface area contributed by atoms with E-state index < -0.39 is 0 Å². The molecule has 3 nitrogen and oxygen atoms in total. The summed E-state index contributed by atoms with van der Waals surface area (Å²) in [4.78, 5) is 2.40. The molecule has 0 aliphatic rings. The number of rotatable bonds is 6. The number of hydrogen-bond acceptors (Lipinski definition) is 3. The molecular weight excluding hydrogens is 767 g/mol. The first-order valence-electron chi connectivity index (χ1n) is 21.5. The van der Waals surface area contributed by atoms with Crippen molar-refractivity contribution < 1.29 is 8.83 Å². The van der Waals surface area contributed by atoms with Gasteiger partial charge in [-0.05, 0) is 110 Å². The molecule has 0 radical (unpaired) electrons. The van der Waals surface area contributed by atoms with E-state index in [2.05, 4.69) is 229 Å². The van der Waals surface area contributed by atoms with E-state index in [1.807, 2.05) is 0 Å². The molecule has 0 N–H and O–H groups in total. The molecule has 0 saturated carbocycles. The highest BCUT2D eigenvalue weighted by atomic mass is 16.3. The van der Waals surface area contributed by atoms with Crippen molar-refractivity contribution >= 4 is 93.3 Å². The number of anilines is 3. The second kappa shape index (κ2) is 14.1. The van der Waals surface area contributed by atoms with Crippen molar-refractivity contribution in [1.82, 2.24) is 0 Å². The molecule has 0 amide bonds. The SMILES string of the molecule is c1cc(-c2ccc(N(c3ccccc3-c3cccc4c3oc3cc5ccccc5cc34)c3cccc4oc5c6ccccc6ccc5c34)cc2)cc(-c2ccc3ccccc3c2)c1. The van der Waals surface area contributed by atoms with E-state index in [9.17, 15) is 0 Å². The maximum Gasteiger partial charge on any atom is 0.143 e. The van der Waals surface area contributed by atoms with Gasteiger partial charge in [-0.2, -0.15) is 0 Å². The normalized spacial score (nSPS) is 11.8. The van der Waals surface area contributed by atoms with Crippen LogP contribution >= 0.6 is 0 Å². The zero-order valence-electron chi connectivity index (χ0n) is 34.1. The Morgan fingerprint density at radius 3 is 1.73 bits per heavy atom. The molecular formula is C60H37NO2. The molecule has 0 aliphatic heterocycles. The van der Waals surface area contributed by atoms with Crippen LogP contribution in [0, 0.1) is 0 Å². The highest BCUT2D eigenvalue weighted by molar-refractivity contribution is 6.20. The van der Waals surface area contributed by atoms with Gasteiger partial charge in [0.25, 0.3) is 0 Å². The number of nitrogens with zero attached hydrogens (tertiary/aromatic N) is 1. The third-order valence-electron chi connectivity index (χ3n) is 12.8. The van der Waals surface area contributed by atoms with Gasteiger partial charge in [0.2, 0.25) is 0 Å². The first-order valence-corrected chi connectivity index (χ1v) is 21.5. The lowest BCUT2D eigenvalue weighted by Crippen LogP contribution is -2.11. The van der Waals surface area contributed by atoms with Gasteiger partial charge in [-0.15, -0.1) is 0 Å². The summed E-state index contributed by atoms with van der Waals surface area (Å²) in [6, 6.07) is 80.5. The Morgan fingerprint density at radius 1 is 0.286 bits per heavy atom. The maximum atomic E-state index is 6.84. The molecule has 13 aromatic rings. The zero-order chi connectivity index (χ0) is 41.4. The summed E-state index contributed by atoms with van der Waals surface area (Å²) in [7, 11) is 0. The van der Waals surface area contributed by atoms with Crippen LogP contribution in [0.1, 0.15) is 0 Å². The fourth-order valence-electron chi connectivity index (χ4n) is 9.77. The van der Waals surface area contributed by atoms with Crippen molar-refractivity contribution in [2.24, 2.45) is 0 Å². The van der Waals surface area contributed by atoms with E-state index in [0.717, 1.165) is 99.4 Å². The van der Waals surface area contributed by atoms with Gasteiger partial charge in [0.05, 0.1) is 16.8 Å². The lowest BCUT2D eigenvalue weighted by molar-refractivity contribution is 0.670. The van der Waals surface area contributed by atoms with E-state index in [-0.39, 0.29) is 0 Å². The summed E-state index contributed by atoms with van der Waals surface area (Å²) >= 11 is 0. The number of para-hydroxylation sites is 2. The van der Waals surface area contributed by atoms with Crippen molar-refractivity contribution in [3.63, 3.8) is 0 Å². The number of furan rings is 2. The lowest BCUT2D eigenvalue weighted by atomic mass is 9.96. The fraction of sp³-hybridized carbons (Fsp3) is 0. The van der Waals surface area contributed by atoms with Gasteiger partial charge in [0.15, 0.2) is 0 Å². The fourth-order valence-corrected chi connectivity index (χ4v) is 9.77. The number of fused-ring (bicyclic) bond motifs is 10. The quantitative estimate of drug-likeness (QED) is 0.168. The topological polar surface area (TPSA) is 29.5 Å². The smallest absolute Gasteiger partial charge is 0.143 e. The van der Waals surface area contributed by atoms with Crippen molar-refractivity contribution in [1.29, 1.82) is 0 Å². The van der Waals surface area contributed by atoms with Gasteiger partial charge in [-0.25, -0.2) is 0 Å². The molecule has 0 fully saturated rings. The highest BCUT2D eigenvalue weighted by Gasteiger charge is 2.24. The molecule has 2 aromatic heterocycles. The Balaban J connectivity index is 1.00. The van der Waals surface area contributed by atoms with Crippen molar-refractivity contribution in [2.75, 3.05) is 4.90 Å². The second-order valence-corrected chi connectivity index (χ2v) is 16.4. The Hall–Kier alpha value is -8.40. The average Bonchev–Trinajstić information content (AvgIpc) is 3.92. The van der Waals surface area contributed by atoms with Gasteiger partial charge in [-0.3, -0.25) is 0 Å². The van der Waals surface area contributed by atoms with Gasteiger partial charge in [0, 0.05) is 38.4 Å². The van der Waals surface area contributed by atoms with Crippen LogP contribution in [0.25, 0.3) is 110 Å². The Bertz CT molecular complexity index is 3930. The first kappa shape index (κ1) is 35.4. The van der Waals surface area contributed by atoms with Gasteiger partial charge >= 0.3 is 0 Å². The molecule has 13 rings (SSSR count). The van der Waals surface area contributed by atoms with Gasteiger partial charge in [-0.1, -0.05) is 164 Å². The standard InChI is InChI=1S/C60H37NO2/c1-2-14-41-35-46(27-26-38(41)12-1)43-18-9-17-42(34-43)39-28-31-47(32-29-39)61(55-24-11-25-56-58(55)52-33-30-40-13-5-6-19-48(40)59(52)62-56)54-23-8-7-20-49(54)50-21-10-22-51-53-36-44-15-3-4-16-45(44)37-57(53)63-60(50)51/h1-37H. The molecule has 3 heteroatoms. The summed E-state index contributed by atoms with van der Waals surface area (Å²) in [5.41, 5.74) is 13.4. The van der Waals surface area contributed by atoms with E-state index in [1.165, 1.54) is 27.3 Å². The van der Waals surface area contributed by atoms with Crippen LogP contribution < -0.4 is 4.90 Å².